The number of anilines is 1. The summed E-state index contributed by atoms with van der Waals surface area (Å²) in [5, 5.41) is 18.2. The van der Waals surface area contributed by atoms with Gasteiger partial charge in [0.1, 0.15) is 0 Å². The molecule has 2 aromatic carbocycles. The molecular weight excluding hydrogens is 288 g/mol. The Morgan fingerprint density at radius 3 is 2.71 bits per heavy atom. The second-order valence-electron chi connectivity index (χ2n) is 4.64. The van der Waals surface area contributed by atoms with Crippen molar-refractivity contribution in [3.8, 4) is 6.07 Å². The lowest BCUT2D eigenvalue weighted by atomic mass is 10.1. The SMILES string of the molecule is CN(Cc1cccc(C#N)c1)c1ccc(C(=O)O)cc1Cl. The topological polar surface area (TPSA) is 64.3 Å². The third kappa shape index (κ3) is 3.53. The van der Waals surface area contributed by atoms with Crippen molar-refractivity contribution in [2.75, 3.05) is 11.9 Å². The van der Waals surface area contributed by atoms with E-state index in [1.165, 1.54) is 12.1 Å². The van der Waals surface area contributed by atoms with E-state index in [0.29, 0.717) is 17.1 Å². The van der Waals surface area contributed by atoms with Gasteiger partial charge in [0.25, 0.3) is 0 Å². The van der Waals surface area contributed by atoms with Crippen molar-refractivity contribution in [3.05, 3.63) is 64.2 Å². The monoisotopic (exact) mass is 300 g/mol. The van der Waals surface area contributed by atoms with E-state index in [1.807, 2.05) is 30.1 Å². The van der Waals surface area contributed by atoms with Crippen LogP contribution in [0.15, 0.2) is 42.5 Å². The van der Waals surface area contributed by atoms with Crippen molar-refractivity contribution < 1.29 is 9.90 Å². The van der Waals surface area contributed by atoms with E-state index < -0.39 is 5.97 Å². The molecule has 0 fully saturated rings. The summed E-state index contributed by atoms with van der Waals surface area (Å²) in [4.78, 5) is 12.8. The van der Waals surface area contributed by atoms with E-state index in [4.69, 9.17) is 22.0 Å². The van der Waals surface area contributed by atoms with Gasteiger partial charge in [-0.05, 0) is 35.9 Å². The molecule has 2 aromatic rings. The molecule has 106 valence electrons. The van der Waals surface area contributed by atoms with Gasteiger partial charge in [-0.25, -0.2) is 4.79 Å². The molecule has 4 nitrogen and oxygen atoms in total. The largest absolute Gasteiger partial charge is 0.478 e. The molecule has 0 aromatic heterocycles. The lowest BCUT2D eigenvalue weighted by Gasteiger charge is -2.21. The Labute approximate surface area is 127 Å². The molecule has 0 unspecified atom stereocenters. The summed E-state index contributed by atoms with van der Waals surface area (Å²) in [5.74, 6) is -1.01. The second-order valence-corrected chi connectivity index (χ2v) is 5.05. The molecule has 0 radical (unpaired) electrons. The zero-order valence-corrected chi connectivity index (χ0v) is 12.1. The average Bonchev–Trinajstić information content (AvgIpc) is 2.47. The molecule has 0 spiro atoms. The van der Waals surface area contributed by atoms with Crippen LogP contribution in [0, 0.1) is 11.3 Å². The summed E-state index contributed by atoms with van der Waals surface area (Å²) in [5.41, 5.74) is 2.48. The highest BCUT2D eigenvalue weighted by Gasteiger charge is 2.10. The first-order valence-electron chi connectivity index (χ1n) is 6.24. The van der Waals surface area contributed by atoms with Crippen LogP contribution >= 0.6 is 11.6 Å². The molecule has 0 bridgehead atoms. The molecule has 0 heterocycles. The van der Waals surface area contributed by atoms with Gasteiger partial charge in [-0.1, -0.05) is 23.7 Å². The summed E-state index contributed by atoms with van der Waals surface area (Å²) >= 11 is 6.14. The highest BCUT2D eigenvalue weighted by atomic mass is 35.5. The first kappa shape index (κ1) is 14.9. The van der Waals surface area contributed by atoms with Crippen LogP contribution in [0.2, 0.25) is 5.02 Å². The Kier molecular flexibility index (Phi) is 4.46. The smallest absolute Gasteiger partial charge is 0.335 e. The number of benzene rings is 2. The van der Waals surface area contributed by atoms with Crippen molar-refractivity contribution in [2.24, 2.45) is 0 Å². The van der Waals surface area contributed by atoms with Gasteiger partial charge in [-0.3, -0.25) is 0 Å². The molecule has 0 aliphatic rings. The Balaban J connectivity index is 2.22. The maximum atomic E-state index is 10.9. The fraction of sp³-hybridized carbons (Fsp3) is 0.125. The quantitative estimate of drug-likeness (QED) is 0.938. The zero-order valence-electron chi connectivity index (χ0n) is 11.4. The third-order valence-electron chi connectivity index (χ3n) is 3.08. The van der Waals surface area contributed by atoms with E-state index in [0.717, 1.165) is 11.3 Å². The summed E-state index contributed by atoms with van der Waals surface area (Å²) < 4.78 is 0. The number of carboxylic acid groups (broad SMARTS) is 1. The summed E-state index contributed by atoms with van der Waals surface area (Å²) in [6.07, 6.45) is 0. The van der Waals surface area contributed by atoms with Crippen LogP contribution in [-0.2, 0) is 6.54 Å². The van der Waals surface area contributed by atoms with Crippen molar-refractivity contribution >= 4 is 23.3 Å². The number of halogens is 1. The second kappa shape index (κ2) is 6.29. The Morgan fingerprint density at radius 2 is 2.10 bits per heavy atom. The van der Waals surface area contributed by atoms with Crippen LogP contribution < -0.4 is 4.90 Å². The Hall–Kier alpha value is -2.51. The average molecular weight is 301 g/mol. The molecule has 21 heavy (non-hydrogen) atoms. The van der Waals surface area contributed by atoms with E-state index in [2.05, 4.69) is 6.07 Å². The van der Waals surface area contributed by atoms with Crippen molar-refractivity contribution in [1.29, 1.82) is 5.26 Å². The number of nitrogens with zero attached hydrogens (tertiary/aromatic N) is 2. The van der Waals surface area contributed by atoms with Gasteiger partial charge in [-0.2, -0.15) is 5.26 Å². The van der Waals surface area contributed by atoms with Crippen molar-refractivity contribution in [3.63, 3.8) is 0 Å². The lowest BCUT2D eigenvalue weighted by Crippen LogP contribution is -2.17. The maximum absolute atomic E-state index is 10.9. The zero-order chi connectivity index (χ0) is 15.4. The summed E-state index contributed by atoms with van der Waals surface area (Å²) in [6.45, 7) is 0.571. The number of aromatic carboxylic acids is 1. The molecule has 5 heteroatoms. The number of nitriles is 1. The third-order valence-corrected chi connectivity index (χ3v) is 3.38. The Bertz CT molecular complexity index is 722. The Morgan fingerprint density at radius 1 is 1.33 bits per heavy atom. The van der Waals surface area contributed by atoms with Crippen LogP contribution in [0.3, 0.4) is 0 Å². The van der Waals surface area contributed by atoms with Gasteiger partial charge < -0.3 is 10.0 Å². The van der Waals surface area contributed by atoms with Gasteiger partial charge in [-0.15, -0.1) is 0 Å². The standard InChI is InChI=1S/C16H13ClN2O2/c1-19(10-12-4-2-3-11(7-12)9-18)15-6-5-13(16(20)21)8-14(15)17/h2-8H,10H2,1H3,(H,20,21). The van der Waals surface area contributed by atoms with Crippen LogP contribution in [0.25, 0.3) is 0 Å². The summed E-state index contributed by atoms with van der Waals surface area (Å²) in [7, 11) is 1.86. The van der Waals surface area contributed by atoms with Crippen LogP contribution in [0.1, 0.15) is 21.5 Å². The fourth-order valence-corrected chi connectivity index (χ4v) is 2.37. The molecule has 0 amide bonds. The number of carbonyl (C=O) groups is 1. The number of carboxylic acids is 1. The minimum atomic E-state index is -1.01. The molecular formula is C16H13ClN2O2. The van der Waals surface area contributed by atoms with Gasteiger partial charge in [0.15, 0.2) is 0 Å². The molecule has 0 saturated carbocycles. The van der Waals surface area contributed by atoms with Crippen LogP contribution in [0.5, 0.6) is 0 Å². The molecule has 1 N–H and O–H groups in total. The minimum Gasteiger partial charge on any atom is -0.478 e. The minimum absolute atomic E-state index is 0.156. The van der Waals surface area contributed by atoms with Gasteiger partial charge in [0, 0.05) is 13.6 Å². The van der Waals surface area contributed by atoms with E-state index >= 15 is 0 Å². The molecule has 2 rings (SSSR count). The van der Waals surface area contributed by atoms with Gasteiger partial charge >= 0.3 is 5.97 Å². The van der Waals surface area contributed by atoms with E-state index in [-0.39, 0.29) is 5.56 Å². The van der Waals surface area contributed by atoms with Crippen molar-refractivity contribution in [1.82, 2.24) is 0 Å². The predicted molar refractivity (Wildman–Crippen MR) is 81.7 cm³/mol. The normalized spacial score (nSPS) is 9.95. The number of hydrogen-bond acceptors (Lipinski definition) is 3. The molecule has 0 aliphatic heterocycles. The first-order chi connectivity index (χ1) is 10.0. The molecule has 0 saturated heterocycles. The number of hydrogen-bond donors (Lipinski definition) is 1. The summed E-state index contributed by atoms with van der Waals surface area (Å²) in [6, 6.07) is 14.1. The van der Waals surface area contributed by atoms with Crippen LogP contribution in [-0.4, -0.2) is 18.1 Å². The van der Waals surface area contributed by atoms with Crippen molar-refractivity contribution in [2.45, 2.75) is 6.54 Å². The molecule has 0 atom stereocenters. The first-order valence-corrected chi connectivity index (χ1v) is 6.62. The lowest BCUT2D eigenvalue weighted by molar-refractivity contribution is 0.0697. The fourth-order valence-electron chi connectivity index (χ4n) is 2.05. The van der Waals surface area contributed by atoms with Gasteiger partial charge in [0.05, 0.1) is 27.9 Å². The maximum Gasteiger partial charge on any atom is 0.335 e. The highest BCUT2D eigenvalue weighted by Crippen LogP contribution is 2.27. The van der Waals surface area contributed by atoms with Gasteiger partial charge in [0.2, 0.25) is 0 Å². The highest BCUT2D eigenvalue weighted by molar-refractivity contribution is 6.33. The van der Waals surface area contributed by atoms with Crippen LogP contribution in [0.4, 0.5) is 5.69 Å². The number of rotatable bonds is 4. The van der Waals surface area contributed by atoms with E-state index in [1.54, 1.807) is 12.1 Å². The molecule has 0 aliphatic carbocycles. The predicted octanol–water partition coefficient (Wildman–Crippen LogP) is 3.55. The van der Waals surface area contributed by atoms with E-state index in [9.17, 15) is 4.79 Å².